The van der Waals surface area contributed by atoms with Crippen LogP contribution in [0.5, 0.6) is 0 Å². The van der Waals surface area contributed by atoms with E-state index in [1.165, 1.54) is 0 Å². The Morgan fingerprint density at radius 3 is 2.38 bits per heavy atom. The topological polar surface area (TPSA) is 104 Å². The largest absolute Gasteiger partial charge is 0.388 e. The predicted molar refractivity (Wildman–Crippen MR) is 152 cm³/mol. The van der Waals surface area contributed by atoms with Crippen molar-refractivity contribution < 1.29 is 4.79 Å². The average molecular weight is 494 g/mol. The summed E-state index contributed by atoms with van der Waals surface area (Å²) >= 11 is 0. The summed E-state index contributed by atoms with van der Waals surface area (Å²) in [4.78, 5) is 20.7. The molecule has 0 fully saturated rings. The molecule has 3 N–H and O–H groups in total. The van der Waals surface area contributed by atoms with Gasteiger partial charge >= 0.3 is 0 Å². The van der Waals surface area contributed by atoms with Crippen molar-refractivity contribution in [2.45, 2.75) is 47.0 Å². The molecule has 0 bridgehead atoms. The molecule has 0 aliphatic heterocycles. The van der Waals surface area contributed by atoms with Gasteiger partial charge in [-0.3, -0.25) is 9.78 Å². The lowest BCUT2D eigenvalue weighted by atomic mass is 9.88. The second kappa shape index (κ2) is 10.8. The van der Waals surface area contributed by atoms with E-state index in [0.29, 0.717) is 0 Å². The number of amides is 1. The summed E-state index contributed by atoms with van der Waals surface area (Å²) in [5.41, 5.74) is 12.6. The van der Waals surface area contributed by atoms with E-state index in [2.05, 4.69) is 58.6 Å². The van der Waals surface area contributed by atoms with Gasteiger partial charge in [0.1, 0.15) is 5.84 Å². The summed E-state index contributed by atoms with van der Waals surface area (Å²) < 4.78 is 0. The van der Waals surface area contributed by atoms with Gasteiger partial charge in [-0.15, -0.1) is 0 Å². The van der Waals surface area contributed by atoms with Crippen molar-refractivity contribution in [2.24, 2.45) is 16.1 Å². The van der Waals surface area contributed by atoms with Gasteiger partial charge in [-0.25, -0.2) is 0 Å². The lowest BCUT2D eigenvalue weighted by Gasteiger charge is -2.16. The first-order valence-electron chi connectivity index (χ1n) is 12.2. The van der Waals surface area contributed by atoms with Crippen molar-refractivity contribution in [2.75, 3.05) is 7.05 Å². The zero-order valence-corrected chi connectivity index (χ0v) is 22.7. The minimum Gasteiger partial charge on any atom is -0.388 e. The lowest BCUT2D eigenvalue weighted by Crippen LogP contribution is -2.22. The molecule has 0 aliphatic rings. The van der Waals surface area contributed by atoms with Crippen molar-refractivity contribution in [1.29, 1.82) is 5.26 Å². The van der Waals surface area contributed by atoms with Crippen LogP contribution in [0.1, 0.15) is 51.4 Å². The van der Waals surface area contributed by atoms with Crippen LogP contribution in [-0.2, 0) is 10.2 Å². The third-order valence-corrected chi connectivity index (χ3v) is 6.17. The molecule has 0 spiro atoms. The quantitative estimate of drug-likeness (QED) is 0.323. The van der Waals surface area contributed by atoms with Crippen LogP contribution in [-0.4, -0.2) is 23.8 Å². The van der Waals surface area contributed by atoms with Crippen LogP contribution in [0.4, 0.5) is 0 Å². The molecule has 1 heterocycles. The van der Waals surface area contributed by atoms with E-state index in [1.54, 1.807) is 12.3 Å². The number of carbonyl (C=O) groups is 1. The number of nitrogens with zero attached hydrogens (tertiary/aromatic N) is 3. The molecular formula is C31H35N5O. The number of benzene rings is 2. The minimum absolute atomic E-state index is 0.154. The molecule has 0 aliphatic carbocycles. The first kappa shape index (κ1) is 27.3. The molecule has 1 amide bonds. The van der Waals surface area contributed by atoms with E-state index in [9.17, 15) is 10.1 Å². The molecule has 3 rings (SSSR count). The third kappa shape index (κ3) is 6.50. The van der Waals surface area contributed by atoms with Crippen molar-refractivity contribution in [3.05, 3.63) is 83.7 Å². The van der Waals surface area contributed by atoms with E-state index in [1.807, 2.05) is 65.9 Å². The Kier molecular flexibility index (Phi) is 7.98. The maximum absolute atomic E-state index is 12.3. The molecule has 0 unspecified atom stereocenters. The Balaban J connectivity index is 2.02. The molecule has 37 heavy (non-hydrogen) atoms. The van der Waals surface area contributed by atoms with Crippen LogP contribution in [0, 0.1) is 23.7 Å². The molecule has 6 nitrogen and oxygen atoms in total. The predicted octanol–water partition coefficient (Wildman–Crippen LogP) is 6.02. The Morgan fingerprint density at radius 1 is 1.03 bits per heavy atom. The summed E-state index contributed by atoms with van der Waals surface area (Å²) in [6, 6.07) is 20.8. The minimum atomic E-state index is -0.670. The van der Waals surface area contributed by atoms with Crippen molar-refractivity contribution in [3.63, 3.8) is 0 Å². The normalized spacial score (nSPS) is 12.7. The summed E-state index contributed by atoms with van der Waals surface area (Å²) in [6.07, 6.45) is 3.44. The number of aliphatic imine (C=N–C) groups is 1. The summed E-state index contributed by atoms with van der Waals surface area (Å²) in [5, 5.41) is 12.7. The maximum atomic E-state index is 12.3. The molecule has 2 aromatic carbocycles. The zero-order chi connectivity index (χ0) is 27.4. The Hall–Kier alpha value is -4.24. The molecule has 0 saturated heterocycles. The number of amidine groups is 1. The third-order valence-electron chi connectivity index (χ3n) is 6.17. The summed E-state index contributed by atoms with van der Waals surface area (Å²) in [5.74, 6) is -0.114. The highest BCUT2D eigenvalue weighted by molar-refractivity contribution is 6.04. The molecule has 1 aromatic heterocycles. The van der Waals surface area contributed by atoms with Gasteiger partial charge in [0.15, 0.2) is 0 Å². The number of carbonyl (C=O) groups excluding carboxylic acids is 1. The second-order valence-corrected chi connectivity index (χ2v) is 10.7. The zero-order valence-electron chi connectivity index (χ0n) is 22.7. The smallest absolute Gasteiger partial charge is 0.252 e. The lowest BCUT2D eigenvalue weighted by molar-refractivity contribution is -0.124. The highest BCUT2D eigenvalue weighted by atomic mass is 16.1. The number of nitrogens with two attached hydrogens (primary N) is 1. The molecule has 3 aromatic rings. The Bertz CT molecular complexity index is 1420. The molecule has 0 radical (unpaired) electrons. The van der Waals surface area contributed by atoms with Crippen molar-refractivity contribution in [1.82, 2.24) is 10.3 Å². The number of nitrogens with one attached hydrogen (secondary N) is 1. The summed E-state index contributed by atoms with van der Waals surface area (Å²) in [7, 11) is 1.81. The number of pyridine rings is 1. The highest BCUT2D eigenvalue weighted by Crippen LogP contribution is 2.32. The van der Waals surface area contributed by atoms with Crippen LogP contribution in [0.3, 0.4) is 0 Å². The first-order chi connectivity index (χ1) is 17.4. The van der Waals surface area contributed by atoms with E-state index < -0.39 is 10.8 Å². The molecule has 0 atom stereocenters. The van der Waals surface area contributed by atoms with E-state index >= 15 is 0 Å². The average Bonchev–Trinajstić information content (AvgIpc) is 2.87. The maximum Gasteiger partial charge on any atom is 0.252 e. The molecule has 190 valence electrons. The number of aromatic nitrogens is 1. The van der Waals surface area contributed by atoms with Crippen LogP contribution >= 0.6 is 0 Å². The number of nitriles is 1. The van der Waals surface area contributed by atoms with Crippen molar-refractivity contribution >= 4 is 17.4 Å². The van der Waals surface area contributed by atoms with Gasteiger partial charge in [0, 0.05) is 30.4 Å². The van der Waals surface area contributed by atoms with Crippen LogP contribution in [0.25, 0.3) is 28.0 Å². The van der Waals surface area contributed by atoms with E-state index in [0.717, 1.165) is 44.8 Å². The van der Waals surface area contributed by atoms with E-state index in [4.69, 9.17) is 5.73 Å². The number of hydrogen-bond donors (Lipinski definition) is 2. The van der Waals surface area contributed by atoms with Gasteiger partial charge in [-0.05, 0) is 78.4 Å². The standard InChI is InChI=1S/C31H35N5O/c1-20-11-12-21(22-13-14-35-27(17-22)31(5,6)19-32)16-25(20)23-9-8-10-24(15-23)26(34-7)18-28(33)36-29(37)30(2,3)4/h8-18,34H,1-7H3,(H2,33,36,37)/b26-18-. The number of aryl methyl sites for hydroxylation is 1. The molecule has 6 heteroatoms. The highest BCUT2D eigenvalue weighted by Gasteiger charge is 2.22. The molecular weight excluding hydrogens is 458 g/mol. The second-order valence-electron chi connectivity index (χ2n) is 10.7. The summed E-state index contributed by atoms with van der Waals surface area (Å²) in [6.45, 7) is 11.3. The van der Waals surface area contributed by atoms with Crippen LogP contribution in [0.2, 0.25) is 0 Å². The van der Waals surface area contributed by atoms with Crippen LogP contribution in [0.15, 0.2) is 71.9 Å². The molecule has 0 saturated carbocycles. The van der Waals surface area contributed by atoms with Gasteiger partial charge < -0.3 is 11.1 Å². The fraction of sp³-hybridized carbons (Fsp3) is 0.290. The van der Waals surface area contributed by atoms with Gasteiger partial charge in [-0.1, -0.05) is 51.1 Å². The van der Waals surface area contributed by atoms with E-state index in [-0.39, 0.29) is 11.7 Å². The Labute approximate surface area is 220 Å². The van der Waals surface area contributed by atoms with Gasteiger partial charge in [-0.2, -0.15) is 10.3 Å². The number of hydrogen-bond acceptors (Lipinski definition) is 4. The van der Waals surface area contributed by atoms with Crippen molar-refractivity contribution in [3.8, 4) is 28.3 Å². The SMILES string of the molecule is CN/C(=C\C(N)=NC(=O)C(C)(C)C)c1cccc(-c2cc(-c3ccnc(C(C)(C)C#N)c3)ccc2C)c1. The van der Waals surface area contributed by atoms with Gasteiger partial charge in [0.25, 0.3) is 5.91 Å². The van der Waals surface area contributed by atoms with Gasteiger partial charge in [0.2, 0.25) is 0 Å². The first-order valence-corrected chi connectivity index (χ1v) is 12.2. The fourth-order valence-corrected chi connectivity index (χ4v) is 3.74. The van der Waals surface area contributed by atoms with Gasteiger partial charge in [0.05, 0.1) is 17.2 Å². The fourth-order valence-electron chi connectivity index (χ4n) is 3.74. The Morgan fingerprint density at radius 2 is 1.73 bits per heavy atom. The monoisotopic (exact) mass is 493 g/mol. The number of rotatable bonds is 6. The van der Waals surface area contributed by atoms with Crippen LogP contribution < -0.4 is 11.1 Å².